The highest BCUT2D eigenvalue weighted by Gasteiger charge is 2.01. The van der Waals surface area contributed by atoms with Crippen LogP contribution in [0.2, 0.25) is 0 Å². The van der Waals surface area contributed by atoms with Gasteiger partial charge in [0.1, 0.15) is 0 Å². The summed E-state index contributed by atoms with van der Waals surface area (Å²) >= 11 is 0. The minimum Gasteiger partial charge on any atom is -0.381 e. The topological polar surface area (TPSA) is 26.2 Å². The van der Waals surface area contributed by atoms with Crippen molar-refractivity contribution >= 4 is 5.69 Å². The maximum Gasteiger partial charge on any atom is 0.0736 e. The standard InChI is InChI=1S/C15H20N2O/c1-3-18-12-14-6-4-5-7-15(14)16-10-13-8-9-17(2)11-13/h4-9,11,16H,3,10,12H2,1-2H3. The smallest absolute Gasteiger partial charge is 0.0736 e. The molecule has 1 aromatic heterocycles. The van der Waals surface area contributed by atoms with Gasteiger partial charge >= 0.3 is 0 Å². The minimum absolute atomic E-state index is 0.661. The van der Waals surface area contributed by atoms with E-state index in [1.165, 1.54) is 11.1 Å². The molecule has 0 radical (unpaired) electrons. The van der Waals surface area contributed by atoms with Gasteiger partial charge in [0.05, 0.1) is 6.61 Å². The Hall–Kier alpha value is -1.74. The highest BCUT2D eigenvalue weighted by molar-refractivity contribution is 5.51. The molecule has 2 rings (SSSR count). The molecule has 1 aromatic carbocycles. The first-order chi connectivity index (χ1) is 8.79. The molecule has 0 aliphatic heterocycles. The Morgan fingerprint density at radius 3 is 2.78 bits per heavy atom. The van der Waals surface area contributed by atoms with Crippen LogP contribution in [-0.4, -0.2) is 11.2 Å². The molecule has 1 N–H and O–H groups in total. The summed E-state index contributed by atoms with van der Waals surface area (Å²) in [6.07, 6.45) is 4.18. The van der Waals surface area contributed by atoms with E-state index in [1.807, 2.05) is 26.1 Å². The Kier molecular flexibility index (Phi) is 4.42. The molecule has 0 atom stereocenters. The number of ether oxygens (including phenoxy) is 1. The fourth-order valence-electron chi connectivity index (χ4n) is 1.89. The third-order valence-electron chi connectivity index (χ3n) is 2.86. The van der Waals surface area contributed by atoms with Crippen LogP contribution in [-0.2, 0) is 24.9 Å². The van der Waals surface area contributed by atoms with Crippen LogP contribution < -0.4 is 5.32 Å². The lowest BCUT2D eigenvalue weighted by molar-refractivity contribution is 0.134. The first kappa shape index (κ1) is 12.7. The lowest BCUT2D eigenvalue weighted by Gasteiger charge is -2.11. The molecule has 0 aliphatic rings. The quantitative estimate of drug-likeness (QED) is 0.844. The van der Waals surface area contributed by atoms with Gasteiger partial charge in [-0.25, -0.2) is 0 Å². The van der Waals surface area contributed by atoms with Gasteiger partial charge in [-0.15, -0.1) is 0 Å². The molecule has 96 valence electrons. The summed E-state index contributed by atoms with van der Waals surface area (Å²) in [5, 5.41) is 3.46. The van der Waals surface area contributed by atoms with Crippen LogP contribution in [0.4, 0.5) is 5.69 Å². The van der Waals surface area contributed by atoms with Crippen LogP contribution in [0.1, 0.15) is 18.1 Å². The van der Waals surface area contributed by atoms with Crippen LogP contribution in [0.15, 0.2) is 42.7 Å². The number of benzene rings is 1. The zero-order valence-electron chi connectivity index (χ0n) is 11.0. The molecule has 0 saturated carbocycles. The fourth-order valence-corrected chi connectivity index (χ4v) is 1.89. The maximum atomic E-state index is 5.47. The van der Waals surface area contributed by atoms with Gasteiger partial charge in [0, 0.05) is 43.8 Å². The van der Waals surface area contributed by atoms with Crippen LogP contribution in [0.25, 0.3) is 0 Å². The molecular weight excluding hydrogens is 224 g/mol. The van der Waals surface area contributed by atoms with Gasteiger partial charge in [-0.2, -0.15) is 0 Å². The third-order valence-corrected chi connectivity index (χ3v) is 2.86. The van der Waals surface area contributed by atoms with Gasteiger partial charge in [-0.05, 0) is 24.6 Å². The largest absolute Gasteiger partial charge is 0.381 e. The van der Waals surface area contributed by atoms with Crippen molar-refractivity contribution in [1.82, 2.24) is 4.57 Å². The second kappa shape index (κ2) is 6.26. The van der Waals surface area contributed by atoms with Crippen molar-refractivity contribution in [2.24, 2.45) is 7.05 Å². The number of nitrogens with zero attached hydrogens (tertiary/aromatic N) is 1. The second-order valence-corrected chi connectivity index (χ2v) is 4.33. The van der Waals surface area contributed by atoms with Crippen molar-refractivity contribution in [3.63, 3.8) is 0 Å². The second-order valence-electron chi connectivity index (χ2n) is 4.33. The lowest BCUT2D eigenvalue weighted by atomic mass is 10.2. The minimum atomic E-state index is 0.661. The van der Waals surface area contributed by atoms with E-state index >= 15 is 0 Å². The SMILES string of the molecule is CCOCc1ccccc1NCc1ccn(C)c1. The van der Waals surface area contributed by atoms with Gasteiger partial charge in [-0.3, -0.25) is 0 Å². The molecule has 0 spiro atoms. The predicted octanol–water partition coefficient (Wildman–Crippen LogP) is 3.17. The van der Waals surface area contributed by atoms with E-state index in [1.54, 1.807) is 0 Å². The number of hydrogen-bond donors (Lipinski definition) is 1. The molecule has 0 fully saturated rings. The number of nitrogens with one attached hydrogen (secondary N) is 1. The summed E-state index contributed by atoms with van der Waals surface area (Å²) in [7, 11) is 2.03. The van der Waals surface area contributed by atoms with Crippen molar-refractivity contribution < 1.29 is 4.74 Å². The molecule has 2 aromatic rings. The fraction of sp³-hybridized carbons (Fsp3) is 0.333. The van der Waals surface area contributed by atoms with Crippen molar-refractivity contribution in [3.8, 4) is 0 Å². The lowest BCUT2D eigenvalue weighted by Crippen LogP contribution is -2.03. The van der Waals surface area contributed by atoms with Gasteiger partial charge in [0.2, 0.25) is 0 Å². The maximum absolute atomic E-state index is 5.47. The zero-order chi connectivity index (χ0) is 12.8. The van der Waals surface area contributed by atoms with E-state index < -0.39 is 0 Å². The number of aromatic nitrogens is 1. The summed E-state index contributed by atoms with van der Waals surface area (Å²) in [4.78, 5) is 0. The molecule has 0 bridgehead atoms. The zero-order valence-corrected chi connectivity index (χ0v) is 11.0. The Morgan fingerprint density at radius 2 is 2.06 bits per heavy atom. The number of aryl methyl sites for hydroxylation is 1. The summed E-state index contributed by atoms with van der Waals surface area (Å²) in [5.41, 5.74) is 3.63. The molecule has 18 heavy (non-hydrogen) atoms. The summed E-state index contributed by atoms with van der Waals surface area (Å²) in [6, 6.07) is 10.4. The summed E-state index contributed by atoms with van der Waals surface area (Å²) < 4.78 is 7.53. The summed E-state index contributed by atoms with van der Waals surface area (Å²) in [5.74, 6) is 0. The van der Waals surface area contributed by atoms with E-state index in [-0.39, 0.29) is 0 Å². The molecule has 0 saturated heterocycles. The Labute approximate surface area is 108 Å². The average molecular weight is 244 g/mol. The normalized spacial score (nSPS) is 10.6. The molecule has 1 heterocycles. The first-order valence-corrected chi connectivity index (χ1v) is 6.30. The van der Waals surface area contributed by atoms with E-state index in [0.29, 0.717) is 6.61 Å². The van der Waals surface area contributed by atoms with Gasteiger partial charge in [0.15, 0.2) is 0 Å². The Balaban J connectivity index is 1.99. The number of hydrogen-bond acceptors (Lipinski definition) is 2. The van der Waals surface area contributed by atoms with E-state index in [2.05, 4.69) is 40.5 Å². The van der Waals surface area contributed by atoms with Gasteiger partial charge < -0.3 is 14.6 Å². The van der Waals surface area contributed by atoms with Crippen LogP contribution in [0, 0.1) is 0 Å². The van der Waals surface area contributed by atoms with Crippen molar-refractivity contribution in [3.05, 3.63) is 53.9 Å². The van der Waals surface area contributed by atoms with Crippen molar-refractivity contribution in [1.29, 1.82) is 0 Å². The van der Waals surface area contributed by atoms with Gasteiger partial charge in [0.25, 0.3) is 0 Å². The number of anilines is 1. The predicted molar refractivity (Wildman–Crippen MR) is 74.5 cm³/mol. The first-order valence-electron chi connectivity index (χ1n) is 6.30. The van der Waals surface area contributed by atoms with Crippen molar-refractivity contribution in [2.45, 2.75) is 20.1 Å². The number of rotatable bonds is 6. The Morgan fingerprint density at radius 1 is 1.22 bits per heavy atom. The van der Waals surface area contributed by atoms with E-state index in [0.717, 1.165) is 18.8 Å². The van der Waals surface area contributed by atoms with Crippen LogP contribution in [0.5, 0.6) is 0 Å². The van der Waals surface area contributed by atoms with Gasteiger partial charge in [-0.1, -0.05) is 18.2 Å². The molecular formula is C15H20N2O. The molecule has 0 aliphatic carbocycles. The highest BCUT2D eigenvalue weighted by atomic mass is 16.5. The molecule has 0 unspecified atom stereocenters. The van der Waals surface area contributed by atoms with E-state index in [9.17, 15) is 0 Å². The molecule has 3 nitrogen and oxygen atoms in total. The summed E-state index contributed by atoms with van der Waals surface area (Å²) in [6.45, 7) is 4.26. The molecule has 3 heteroatoms. The monoisotopic (exact) mass is 244 g/mol. The highest BCUT2D eigenvalue weighted by Crippen LogP contribution is 2.17. The number of para-hydroxylation sites is 1. The van der Waals surface area contributed by atoms with Crippen LogP contribution >= 0.6 is 0 Å². The molecule has 0 amide bonds. The van der Waals surface area contributed by atoms with Crippen LogP contribution in [0.3, 0.4) is 0 Å². The van der Waals surface area contributed by atoms with E-state index in [4.69, 9.17) is 4.74 Å². The third kappa shape index (κ3) is 3.37. The van der Waals surface area contributed by atoms with Crippen molar-refractivity contribution in [2.75, 3.05) is 11.9 Å². The Bertz CT molecular complexity index is 491. The average Bonchev–Trinajstić information content (AvgIpc) is 2.81.